The lowest BCUT2D eigenvalue weighted by Crippen LogP contribution is -2.27. The van der Waals surface area contributed by atoms with E-state index in [1.165, 1.54) is 29.6 Å². The molecule has 0 aromatic heterocycles. The molecule has 0 unspecified atom stereocenters. The number of rotatable bonds is 4. The van der Waals surface area contributed by atoms with Crippen LogP contribution < -0.4 is 5.73 Å². The molecule has 21 heavy (non-hydrogen) atoms. The number of nitrogens with two attached hydrogens (primary N) is 1. The first-order valence-corrected chi connectivity index (χ1v) is 7.85. The number of anilines is 1. The Morgan fingerprint density at radius 2 is 1.76 bits per heavy atom. The van der Waals surface area contributed by atoms with Gasteiger partial charge in [0.2, 0.25) is 10.0 Å². The van der Waals surface area contributed by atoms with Gasteiger partial charge < -0.3 is 10.8 Å². The van der Waals surface area contributed by atoms with E-state index in [0.717, 1.165) is 11.1 Å². The Morgan fingerprint density at radius 1 is 1.14 bits per heavy atom. The minimum Gasteiger partial charge on any atom is -0.508 e. The van der Waals surface area contributed by atoms with Crippen LogP contribution in [0.2, 0.25) is 0 Å². The zero-order valence-corrected chi connectivity index (χ0v) is 12.8. The first-order valence-electron chi connectivity index (χ1n) is 6.41. The first-order chi connectivity index (χ1) is 9.80. The Hall–Kier alpha value is -2.05. The van der Waals surface area contributed by atoms with E-state index in [1.807, 2.05) is 6.92 Å². The van der Waals surface area contributed by atoms with Crippen molar-refractivity contribution in [2.24, 2.45) is 0 Å². The lowest BCUT2D eigenvalue weighted by molar-refractivity contribution is 0.464. The second-order valence-electron chi connectivity index (χ2n) is 4.97. The number of aromatic hydroxyl groups is 1. The molecule has 2 aromatic rings. The molecule has 0 aliphatic carbocycles. The molecular formula is C15H18N2O3S. The van der Waals surface area contributed by atoms with Crippen molar-refractivity contribution in [3.05, 3.63) is 53.6 Å². The Balaban J connectivity index is 2.28. The van der Waals surface area contributed by atoms with Crippen LogP contribution in [0.15, 0.2) is 47.4 Å². The Morgan fingerprint density at radius 3 is 2.33 bits per heavy atom. The fraction of sp³-hybridized carbons (Fsp3) is 0.200. The van der Waals surface area contributed by atoms with Gasteiger partial charge in [0.15, 0.2) is 0 Å². The van der Waals surface area contributed by atoms with E-state index >= 15 is 0 Å². The van der Waals surface area contributed by atoms with E-state index < -0.39 is 10.0 Å². The number of phenolic OH excluding ortho intramolecular Hbond substituents is 1. The van der Waals surface area contributed by atoms with Crippen molar-refractivity contribution in [1.29, 1.82) is 0 Å². The van der Waals surface area contributed by atoms with Crippen LogP contribution in [0.4, 0.5) is 5.69 Å². The topological polar surface area (TPSA) is 83.6 Å². The smallest absolute Gasteiger partial charge is 0.245 e. The molecule has 0 fully saturated rings. The maximum absolute atomic E-state index is 12.5. The summed E-state index contributed by atoms with van der Waals surface area (Å²) < 4.78 is 26.3. The summed E-state index contributed by atoms with van der Waals surface area (Å²) in [4.78, 5) is 0.106. The number of phenols is 1. The second kappa shape index (κ2) is 5.75. The fourth-order valence-electron chi connectivity index (χ4n) is 2.01. The Bertz CT molecular complexity index is 740. The molecule has 0 atom stereocenters. The van der Waals surface area contributed by atoms with Crippen molar-refractivity contribution < 1.29 is 13.5 Å². The lowest BCUT2D eigenvalue weighted by Gasteiger charge is -2.18. The van der Waals surface area contributed by atoms with Gasteiger partial charge in [-0.05, 0) is 42.3 Å². The normalized spacial score (nSPS) is 11.8. The summed E-state index contributed by atoms with van der Waals surface area (Å²) in [6.07, 6.45) is 0. The average molecular weight is 306 g/mol. The number of aryl methyl sites for hydroxylation is 1. The predicted octanol–water partition coefficient (Wildman–Crippen LogP) is 2.10. The standard InChI is InChI=1S/C15H18N2O3S/c1-11-3-8-15(14(16)9-11)21(19,20)17(2)10-12-4-6-13(18)7-5-12/h3-9,18H,10,16H2,1-2H3. The van der Waals surface area contributed by atoms with E-state index in [0.29, 0.717) is 0 Å². The number of hydrogen-bond donors (Lipinski definition) is 2. The van der Waals surface area contributed by atoms with Gasteiger partial charge in [0.25, 0.3) is 0 Å². The van der Waals surface area contributed by atoms with E-state index in [2.05, 4.69) is 0 Å². The molecule has 5 nitrogen and oxygen atoms in total. The van der Waals surface area contributed by atoms with Gasteiger partial charge in [-0.25, -0.2) is 8.42 Å². The SMILES string of the molecule is Cc1ccc(S(=O)(=O)N(C)Cc2ccc(O)cc2)c(N)c1. The molecule has 0 spiro atoms. The third-order valence-corrected chi connectivity index (χ3v) is 5.07. The number of nitrogens with zero attached hydrogens (tertiary/aromatic N) is 1. The highest BCUT2D eigenvalue weighted by Crippen LogP contribution is 2.24. The van der Waals surface area contributed by atoms with Crippen LogP contribution in [-0.2, 0) is 16.6 Å². The summed E-state index contributed by atoms with van der Waals surface area (Å²) in [5.74, 6) is 0.145. The number of benzene rings is 2. The van der Waals surface area contributed by atoms with Crippen molar-refractivity contribution in [3.8, 4) is 5.75 Å². The van der Waals surface area contributed by atoms with Gasteiger partial charge in [-0.15, -0.1) is 0 Å². The monoisotopic (exact) mass is 306 g/mol. The molecule has 0 amide bonds. The van der Waals surface area contributed by atoms with E-state index in [4.69, 9.17) is 5.73 Å². The van der Waals surface area contributed by atoms with Gasteiger partial charge in [0.05, 0.1) is 5.69 Å². The third-order valence-electron chi connectivity index (χ3n) is 3.20. The summed E-state index contributed by atoms with van der Waals surface area (Å²) in [7, 11) is -2.15. The first kappa shape index (κ1) is 15.3. The van der Waals surface area contributed by atoms with E-state index in [1.54, 1.807) is 24.3 Å². The molecule has 6 heteroatoms. The van der Waals surface area contributed by atoms with Crippen molar-refractivity contribution in [2.75, 3.05) is 12.8 Å². The maximum atomic E-state index is 12.5. The minimum absolute atomic E-state index is 0.106. The highest BCUT2D eigenvalue weighted by Gasteiger charge is 2.23. The van der Waals surface area contributed by atoms with Crippen LogP contribution >= 0.6 is 0 Å². The summed E-state index contributed by atoms with van der Waals surface area (Å²) in [5, 5.41) is 9.24. The van der Waals surface area contributed by atoms with Gasteiger partial charge in [-0.2, -0.15) is 4.31 Å². The molecule has 0 aliphatic heterocycles. The van der Waals surface area contributed by atoms with Crippen LogP contribution in [0.25, 0.3) is 0 Å². The van der Waals surface area contributed by atoms with Crippen molar-refractivity contribution in [3.63, 3.8) is 0 Å². The Labute approximate surface area is 124 Å². The van der Waals surface area contributed by atoms with Crippen molar-refractivity contribution in [2.45, 2.75) is 18.4 Å². The summed E-state index contributed by atoms with van der Waals surface area (Å²) in [5.41, 5.74) is 7.75. The molecular weight excluding hydrogens is 288 g/mol. The van der Waals surface area contributed by atoms with Crippen LogP contribution in [0.3, 0.4) is 0 Å². The minimum atomic E-state index is -3.65. The van der Waals surface area contributed by atoms with Crippen molar-refractivity contribution in [1.82, 2.24) is 4.31 Å². The van der Waals surface area contributed by atoms with Crippen LogP contribution in [0, 0.1) is 6.92 Å². The molecule has 112 valence electrons. The largest absolute Gasteiger partial charge is 0.508 e. The predicted molar refractivity (Wildman–Crippen MR) is 82.4 cm³/mol. The van der Waals surface area contributed by atoms with Gasteiger partial charge in [-0.3, -0.25) is 0 Å². The van der Waals surface area contributed by atoms with Crippen LogP contribution in [-0.4, -0.2) is 24.9 Å². The quantitative estimate of drug-likeness (QED) is 0.847. The van der Waals surface area contributed by atoms with Crippen LogP contribution in [0.5, 0.6) is 5.75 Å². The third kappa shape index (κ3) is 3.34. The van der Waals surface area contributed by atoms with E-state index in [-0.39, 0.29) is 22.9 Å². The van der Waals surface area contributed by atoms with Crippen molar-refractivity contribution >= 4 is 15.7 Å². The highest BCUT2D eigenvalue weighted by atomic mass is 32.2. The van der Waals surface area contributed by atoms with Gasteiger partial charge in [0.1, 0.15) is 10.6 Å². The average Bonchev–Trinajstić information content (AvgIpc) is 2.40. The summed E-state index contributed by atoms with van der Waals surface area (Å²) >= 11 is 0. The molecule has 0 aliphatic rings. The molecule has 2 aromatic carbocycles. The van der Waals surface area contributed by atoms with Gasteiger partial charge in [0, 0.05) is 13.6 Å². The van der Waals surface area contributed by atoms with Gasteiger partial charge in [-0.1, -0.05) is 18.2 Å². The zero-order valence-electron chi connectivity index (χ0n) is 11.9. The maximum Gasteiger partial charge on any atom is 0.245 e. The summed E-state index contributed by atoms with van der Waals surface area (Å²) in [6, 6.07) is 11.3. The number of nitrogen functional groups attached to an aromatic ring is 1. The zero-order chi connectivity index (χ0) is 15.6. The molecule has 3 N–H and O–H groups in total. The molecule has 0 radical (unpaired) electrons. The highest BCUT2D eigenvalue weighted by molar-refractivity contribution is 7.89. The second-order valence-corrected chi connectivity index (χ2v) is 6.98. The van der Waals surface area contributed by atoms with Crippen LogP contribution in [0.1, 0.15) is 11.1 Å². The molecule has 2 rings (SSSR count). The fourth-order valence-corrected chi connectivity index (χ4v) is 3.27. The Kier molecular flexibility index (Phi) is 4.20. The number of hydrogen-bond acceptors (Lipinski definition) is 4. The van der Waals surface area contributed by atoms with E-state index in [9.17, 15) is 13.5 Å². The molecule has 0 saturated carbocycles. The molecule has 0 heterocycles. The lowest BCUT2D eigenvalue weighted by atomic mass is 10.2. The molecule has 0 bridgehead atoms. The van der Waals surface area contributed by atoms with Gasteiger partial charge >= 0.3 is 0 Å². The summed E-state index contributed by atoms with van der Waals surface area (Å²) in [6.45, 7) is 2.06. The number of sulfonamides is 1. The molecule has 0 saturated heterocycles.